The van der Waals surface area contributed by atoms with Gasteiger partial charge in [0.1, 0.15) is 5.75 Å². The molecule has 1 heterocycles. The summed E-state index contributed by atoms with van der Waals surface area (Å²) in [5.41, 5.74) is 5.42. The minimum atomic E-state index is -0.578. The van der Waals surface area contributed by atoms with Crippen molar-refractivity contribution in [1.29, 1.82) is 0 Å². The topological polar surface area (TPSA) is 84.7 Å². The van der Waals surface area contributed by atoms with Crippen molar-refractivity contribution < 1.29 is 14.3 Å². The number of ether oxygens (including phenoxy) is 1. The molecule has 1 aromatic carbocycles. The molecule has 2 unspecified atom stereocenters. The summed E-state index contributed by atoms with van der Waals surface area (Å²) in [5, 5.41) is 2.81. The van der Waals surface area contributed by atoms with E-state index < -0.39 is 6.10 Å². The fourth-order valence-corrected chi connectivity index (χ4v) is 3.31. The molecule has 0 spiro atoms. The number of nitrogens with zero attached hydrogens (tertiary/aromatic N) is 1. The van der Waals surface area contributed by atoms with Crippen LogP contribution in [-0.2, 0) is 9.59 Å². The van der Waals surface area contributed by atoms with Gasteiger partial charge >= 0.3 is 0 Å². The van der Waals surface area contributed by atoms with E-state index in [9.17, 15) is 9.59 Å². The summed E-state index contributed by atoms with van der Waals surface area (Å²) >= 11 is 1.66. The summed E-state index contributed by atoms with van der Waals surface area (Å²) in [5.74, 6) is 0.402. The molecule has 146 valence electrons. The lowest BCUT2D eigenvalue weighted by atomic mass is 9.96. The second kappa shape index (κ2) is 11.3. The average molecular weight is 402 g/mol. The summed E-state index contributed by atoms with van der Waals surface area (Å²) in [6.07, 6.45) is 3.05. The summed E-state index contributed by atoms with van der Waals surface area (Å²) < 4.78 is 5.77. The van der Waals surface area contributed by atoms with Crippen LogP contribution in [0.15, 0.2) is 29.2 Å². The van der Waals surface area contributed by atoms with E-state index in [0.29, 0.717) is 31.9 Å². The highest BCUT2D eigenvalue weighted by Crippen LogP contribution is 2.21. The number of carbonyl (C=O) groups excluding carboxylic acids is 2. The largest absolute Gasteiger partial charge is 0.481 e. The maximum Gasteiger partial charge on any atom is 0.263 e. The molecule has 26 heavy (non-hydrogen) atoms. The molecule has 1 saturated heterocycles. The predicted molar refractivity (Wildman–Crippen MR) is 107 cm³/mol. The average Bonchev–Trinajstić information content (AvgIpc) is 2.66. The molecule has 0 radical (unpaired) electrons. The Kier molecular flexibility index (Phi) is 9.83. The lowest BCUT2D eigenvalue weighted by Gasteiger charge is -2.33. The quantitative estimate of drug-likeness (QED) is 0.682. The van der Waals surface area contributed by atoms with Gasteiger partial charge in [-0.3, -0.25) is 9.59 Å². The zero-order chi connectivity index (χ0) is 18.2. The van der Waals surface area contributed by atoms with Gasteiger partial charge in [-0.25, -0.2) is 0 Å². The number of nitrogens with one attached hydrogen (secondary N) is 1. The number of thioether (sulfide) groups is 1. The lowest BCUT2D eigenvalue weighted by molar-refractivity contribution is -0.141. The number of hydrogen-bond acceptors (Lipinski definition) is 5. The second-order valence-electron chi connectivity index (χ2n) is 6.14. The van der Waals surface area contributed by atoms with E-state index in [-0.39, 0.29) is 30.1 Å². The number of likely N-dealkylation sites (tertiary alicyclic amines) is 1. The first-order chi connectivity index (χ1) is 12.0. The number of nitrogens with two attached hydrogens (primary N) is 1. The van der Waals surface area contributed by atoms with E-state index in [1.807, 2.05) is 30.5 Å². The van der Waals surface area contributed by atoms with Crippen molar-refractivity contribution in [3.05, 3.63) is 24.3 Å². The Hall–Kier alpha value is -1.44. The van der Waals surface area contributed by atoms with Crippen LogP contribution >= 0.6 is 24.2 Å². The van der Waals surface area contributed by atoms with Gasteiger partial charge in [0.05, 0.1) is 5.92 Å². The smallest absolute Gasteiger partial charge is 0.263 e. The minimum absolute atomic E-state index is 0. The molecule has 0 aliphatic carbocycles. The third kappa shape index (κ3) is 6.37. The van der Waals surface area contributed by atoms with Crippen LogP contribution in [0.5, 0.6) is 5.75 Å². The van der Waals surface area contributed by atoms with E-state index in [2.05, 4.69) is 5.32 Å². The highest BCUT2D eigenvalue weighted by Gasteiger charge is 2.30. The molecule has 8 heteroatoms. The van der Waals surface area contributed by atoms with E-state index >= 15 is 0 Å². The van der Waals surface area contributed by atoms with Gasteiger partial charge in [-0.2, -0.15) is 0 Å². The van der Waals surface area contributed by atoms with Crippen molar-refractivity contribution in [3.8, 4) is 5.75 Å². The van der Waals surface area contributed by atoms with Crippen LogP contribution in [0.1, 0.15) is 19.8 Å². The summed E-state index contributed by atoms with van der Waals surface area (Å²) in [6.45, 7) is 3.74. The normalized spacial score (nSPS) is 17.8. The van der Waals surface area contributed by atoms with Gasteiger partial charge in [0.2, 0.25) is 5.91 Å². The zero-order valence-corrected chi connectivity index (χ0v) is 16.9. The Bertz CT molecular complexity index is 586. The van der Waals surface area contributed by atoms with Crippen LogP contribution in [0, 0.1) is 5.92 Å². The van der Waals surface area contributed by atoms with E-state index in [1.165, 1.54) is 0 Å². The molecular weight excluding hydrogens is 374 g/mol. The predicted octanol–water partition coefficient (Wildman–Crippen LogP) is 1.91. The van der Waals surface area contributed by atoms with Crippen molar-refractivity contribution in [2.75, 3.05) is 32.4 Å². The van der Waals surface area contributed by atoms with Gasteiger partial charge in [-0.05, 0) is 50.3 Å². The Balaban J connectivity index is 0.00000338. The summed E-state index contributed by atoms with van der Waals surface area (Å²) in [7, 11) is 0. The number of piperidine rings is 1. The molecule has 1 aliphatic rings. The second-order valence-corrected chi connectivity index (χ2v) is 7.02. The Morgan fingerprint density at radius 3 is 2.69 bits per heavy atom. The highest BCUT2D eigenvalue weighted by atomic mass is 35.5. The van der Waals surface area contributed by atoms with Crippen LogP contribution in [-0.4, -0.2) is 55.3 Å². The fraction of sp³-hybridized carbons (Fsp3) is 0.556. The van der Waals surface area contributed by atoms with Crippen LogP contribution in [0.2, 0.25) is 0 Å². The number of halogens is 1. The Labute approximate surface area is 165 Å². The molecule has 2 atom stereocenters. The number of benzene rings is 1. The monoisotopic (exact) mass is 401 g/mol. The third-order valence-corrected chi connectivity index (χ3v) is 5.01. The van der Waals surface area contributed by atoms with Crippen molar-refractivity contribution in [1.82, 2.24) is 10.2 Å². The zero-order valence-electron chi connectivity index (χ0n) is 15.3. The fourth-order valence-electron chi connectivity index (χ4n) is 2.90. The molecule has 0 saturated carbocycles. The number of amides is 2. The molecular formula is C18H28ClN3O3S. The Morgan fingerprint density at radius 1 is 1.38 bits per heavy atom. The van der Waals surface area contributed by atoms with E-state index in [0.717, 1.165) is 17.7 Å². The van der Waals surface area contributed by atoms with Gasteiger partial charge in [0.25, 0.3) is 5.91 Å². The van der Waals surface area contributed by atoms with Crippen LogP contribution < -0.4 is 15.8 Å². The van der Waals surface area contributed by atoms with Crippen molar-refractivity contribution in [2.24, 2.45) is 11.7 Å². The standard InChI is InChI=1S/C18H27N3O3S.ClH/c1-13(24-15-5-7-16(25-2)8-6-15)18(23)21-11-3-4-14(12-21)17(22)20-10-9-19;/h5-8,13-14H,3-4,9-12,19H2,1-2H3,(H,20,22);1H. The molecule has 0 aromatic heterocycles. The highest BCUT2D eigenvalue weighted by molar-refractivity contribution is 7.98. The molecule has 1 fully saturated rings. The number of hydrogen-bond donors (Lipinski definition) is 2. The molecule has 0 bridgehead atoms. The number of rotatable bonds is 7. The first-order valence-corrected chi connectivity index (χ1v) is 9.85. The number of carbonyl (C=O) groups is 2. The van der Waals surface area contributed by atoms with Crippen molar-refractivity contribution >= 4 is 36.0 Å². The van der Waals surface area contributed by atoms with Crippen LogP contribution in [0.3, 0.4) is 0 Å². The lowest BCUT2D eigenvalue weighted by Crippen LogP contribution is -2.49. The van der Waals surface area contributed by atoms with Gasteiger partial charge in [-0.1, -0.05) is 0 Å². The summed E-state index contributed by atoms with van der Waals surface area (Å²) in [4.78, 5) is 27.6. The van der Waals surface area contributed by atoms with Gasteiger partial charge < -0.3 is 20.7 Å². The minimum Gasteiger partial charge on any atom is -0.481 e. The van der Waals surface area contributed by atoms with E-state index in [1.54, 1.807) is 23.6 Å². The third-order valence-electron chi connectivity index (χ3n) is 4.27. The molecule has 2 amide bonds. The first kappa shape index (κ1) is 22.6. The van der Waals surface area contributed by atoms with Crippen LogP contribution in [0.25, 0.3) is 0 Å². The molecule has 6 nitrogen and oxygen atoms in total. The van der Waals surface area contributed by atoms with E-state index in [4.69, 9.17) is 10.5 Å². The maximum absolute atomic E-state index is 12.7. The SMILES string of the molecule is CSc1ccc(OC(C)C(=O)N2CCCC(C(=O)NCCN)C2)cc1.Cl. The van der Waals surface area contributed by atoms with Crippen LogP contribution in [0.4, 0.5) is 0 Å². The summed E-state index contributed by atoms with van der Waals surface area (Å²) in [6, 6.07) is 7.68. The van der Waals surface area contributed by atoms with Gasteiger partial charge in [0.15, 0.2) is 6.10 Å². The van der Waals surface area contributed by atoms with Crippen molar-refractivity contribution in [3.63, 3.8) is 0 Å². The molecule has 2 rings (SSSR count). The molecule has 1 aromatic rings. The van der Waals surface area contributed by atoms with Gasteiger partial charge in [0, 0.05) is 31.1 Å². The first-order valence-electron chi connectivity index (χ1n) is 8.62. The van der Waals surface area contributed by atoms with Crippen molar-refractivity contribution in [2.45, 2.75) is 30.8 Å². The Morgan fingerprint density at radius 2 is 2.08 bits per heavy atom. The maximum atomic E-state index is 12.7. The van der Waals surface area contributed by atoms with Gasteiger partial charge in [-0.15, -0.1) is 24.2 Å². The molecule has 1 aliphatic heterocycles. The molecule has 3 N–H and O–H groups in total.